The minimum atomic E-state index is -0.747. The maximum Gasteiger partial charge on any atom is 0.268 e. The van der Waals surface area contributed by atoms with Gasteiger partial charge in [0.2, 0.25) is 5.91 Å². The van der Waals surface area contributed by atoms with Crippen LogP contribution in [-0.2, 0) is 4.79 Å². The Bertz CT molecular complexity index is 657. The van der Waals surface area contributed by atoms with E-state index in [2.05, 4.69) is 26.4 Å². The number of anilines is 1. The van der Waals surface area contributed by atoms with Crippen molar-refractivity contribution in [3.63, 3.8) is 0 Å². The third-order valence-corrected chi connectivity index (χ3v) is 4.31. The molecule has 0 aromatic carbocycles. The molecule has 3 unspecified atom stereocenters. The number of amides is 2. The predicted octanol–water partition coefficient (Wildman–Crippen LogP) is -3.05. The van der Waals surface area contributed by atoms with Gasteiger partial charge in [0, 0.05) is 32.2 Å². The zero-order valence-electron chi connectivity index (χ0n) is 13.8. The first-order valence-corrected chi connectivity index (χ1v) is 8.05. The number of hydrazine groups is 2. The maximum absolute atomic E-state index is 12.7. The lowest BCUT2D eigenvalue weighted by molar-refractivity contribution is -0.134. The highest BCUT2D eigenvalue weighted by Gasteiger charge is 2.35. The molecule has 2 aliphatic rings. The normalized spacial score (nSPS) is 27.2. The van der Waals surface area contributed by atoms with Crippen LogP contribution < -0.4 is 27.0 Å². The molecule has 3 atom stereocenters. The second-order valence-electron chi connectivity index (χ2n) is 6.19. The van der Waals surface area contributed by atoms with Gasteiger partial charge in [-0.05, 0) is 6.92 Å². The zero-order chi connectivity index (χ0) is 18.0. The largest absolute Gasteiger partial charge is 0.389 e. The average Bonchev–Trinajstić information content (AvgIpc) is 2.92. The molecule has 2 aliphatic heterocycles. The lowest BCUT2D eigenvalue weighted by Crippen LogP contribution is -2.50. The van der Waals surface area contributed by atoms with Crippen LogP contribution in [0.3, 0.4) is 0 Å². The molecule has 2 saturated heterocycles. The molecule has 2 amide bonds. The molecule has 0 aliphatic carbocycles. The van der Waals surface area contributed by atoms with Crippen LogP contribution in [0.5, 0.6) is 0 Å². The van der Waals surface area contributed by atoms with E-state index in [1.807, 2.05) is 6.92 Å². The summed E-state index contributed by atoms with van der Waals surface area (Å²) in [6.07, 6.45) is 2.05. The van der Waals surface area contributed by atoms with Gasteiger partial charge in [0.15, 0.2) is 0 Å². The van der Waals surface area contributed by atoms with E-state index in [1.54, 1.807) is 9.80 Å². The summed E-state index contributed by atoms with van der Waals surface area (Å²) in [4.78, 5) is 35.5. The van der Waals surface area contributed by atoms with E-state index in [-0.39, 0.29) is 30.7 Å². The number of carbonyl (C=O) groups excluding carboxylic acids is 2. The molecule has 11 heteroatoms. The summed E-state index contributed by atoms with van der Waals surface area (Å²) in [5.41, 5.74) is 13.8. The van der Waals surface area contributed by atoms with Crippen molar-refractivity contribution >= 4 is 17.6 Å². The Morgan fingerprint density at radius 3 is 2.76 bits per heavy atom. The van der Waals surface area contributed by atoms with Crippen molar-refractivity contribution < 1.29 is 14.7 Å². The van der Waals surface area contributed by atoms with E-state index >= 15 is 0 Å². The van der Waals surface area contributed by atoms with E-state index in [0.717, 1.165) is 0 Å². The van der Waals surface area contributed by atoms with E-state index in [1.165, 1.54) is 12.4 Å². The molecule has 1 aromatic rings. The minimum absolute atomic E-state index is 0.0605. The summed E-state index contributed by atoms with van der Waals surface area (Å²) in [7, 11) is 0. The molecule has 11 nitrogen and oxygen atoms in total. The van der Waals surface area contributed by atoms with Crippen LogP contribution >= 0.6 is 0 Å². The molecule has 0 bridgehead atoms. The SMILES string of the molecule is CC1NNNC1C(=O)N1CCN(c2cncc(C(N)=O)n2)CC(O)C1. The first kappa shape index (κ1) is 17.5. The molecular formula is C14H22N8O3. The quantitative estimate of drug-likeness (QED) is 0.383. The third-order valence-electron chi connectivity index (χ3n) is 4.31. The van der Waals surface area contributed by atoms with Crippen LogP contribution in [0.1, 0.15) is 17.4 Å². The second-order valence-corrected chi connectivity index (χ2v) is 6.19. The minimum Gasteiger partial charge on any atom is -0.389 e. The van der Waals surface area contributed by atoms with Crippen LogP contribution in [0.15, 0.2) is 12.4 Å². The van der Waals surface area contributed by atoms with Crippen LogP contribution in [0.2, 0.25) is 0 Å². The number of nitrogens with two attached hydrogens (primary N) is 1. The molecule has 1 aromatic heterocycles. The second kappa shape index (κ2) is 7.27. The van der Waals surface area contributed by atoms with E-state index < -0.39 is 18.1 Å². The van der Waals surface area contributed by atoms with Gasteiger partial charge in [0.1, 0.15) is 17.6 Å². The Kier molecular flexibility index (Phi) is 5.08. The van der Waals surface area contributed by atoms with Crippen LogP contribution in [0, 0.1) is 0 Å². The van der Waals surface area contributed by atoms with Gasteiger partial charge in [-0.15, -0.1) is 0 Å². The van der Waals surface area contributed by atoms with Gasteiger partial charge in [-0.1, -0.05) is 0 Å². The predicted molar refractivity (Wildman–Crippen MR) is 88.0 cm³/mol. The molecule has 25 heavy (non-hydrogen) atoms. The first-order chi connectivity index (χ1) is 12.0. The molecule has 0 radical (unpaired) electrons. The fourth-order valence-corrected chi connectivity index (χ4v) is 2.94. The molecular weight excluding hydrogens is 328 g/mol. The van der Waals surface area contributed by atoms with Crippen molar-refractivity contribution in [3.8, 4) is 0 Å². The van der Waals surface area contributed by atoms with Gasteiger partial charge in [-0.2, -0.15) is 5.53 Å². The van der Waals surface area contributed by atoms with Crippen molar-refractivity contribution in [1.82, 2.24) is 31.3 Å². The number of hydrogen-bond donors (Lipinski definition) is 5. The Morgan fingerprint density at radius 1 is 1.28 bits per heavy atom. The Balaban J connectivity index is 1.71. The van der Waals surface area contributed by atoms with Gasteiger partial charge in [0.25, 0.3) is 5.91 Å². The first-order valence-electron chi connectivity index (χ1n) is 8.05. The zero-order valence-corrected chi connectivity index (χ0v) is 13.8. The highest BCUT2D eigenvalue weighted by atomic mass is 16.3. The summed E-state index contributed by atoms with van der Waals surface area (Å²) < 4.78 is 0. The van der Waals surface area contributed by atoms with Crippen molar-refractivity contribution in [2.45, 2.75) is 25.1 Å². The topological polar surface area (TPSA) is 149 Å². The van der Waals surface area contributed by atoms with Crippen LogP contribution in [-0.4, -0.2) is 76.2 Å². The average molecular weight is 350 g/mol. The molecule has 0 saturated carbocycles. The number of hydrogen-bond acceptors (Lipinski definition) is 9. The number of carbonyl (C=O) groups is 2. The standard InChI is InChI=1S/C14H22N8O3/c1-8-12(19-20-18-8)14(25)22-3-2-21(6-9(23)7-22)11-5-16-4-10(17-11)13(15)24/h4-5,8-9,12,18-20,23H,2-3,6-7H2,1H3,(H2,15,24). The summed E-state index contributed by atoms with van der Waals surface area (Å²) in [6, 6.07) is -0.473. The lowest BCUT2D eigenvalue weighted by Gasteiger charge is -2.26. The Hall–Kier alpha value is -2.34. The number of nitrogens with zero attached hydrogens (tertiary/aromatic N) is 4. The van der Waals surface area contributed by atoms with Crippen LogP contribution in [0.25, 0.3) is 0 Å². The van der Waals surface area contributed by atoms with Gasteiger partial charge in [-0.3, -0.25) is 14.6 Å². The van der Waals surface area contributed by atoms with E-state index in [0.29, 0.717) is 18.9 Å². The monoisotopic (exact) mass is 350 g/mol. The van der Waals surface area contributed by atoms with Gasteiger partial charge >= 0.3 is 0 Å². The summed E-state index contributed by atoms with van der Waals surface area (Å²) in [5.74, 6) is -0.314. The Labute approximate surface area is 144 Å². The molecule has 0 spiro atoms. The lowest BCUT2D eigenvalue weighted by atomic mass is 10.1. The number of rotatable bonds is 3. The number of nitrogens with one attached hydrogen (secondary N) is 3. The van der Waals surface area contributed by atoms with Crippen molar-refractivity contribution in [2.24, 2.45) is 5.73 Å². The van der Waals surface area contributed by atoms with Crippen molar-refractivity contribution in [1.29, 1.82) is 0 Å². The van der Waals surface area contributed by atoms with Crippen LogP contribution in [0.4, 0.5) is 5.82 Å². The number of aliphatic hydroxyl groups excluding tert-OH is 1. The Morgan fingerprint density at radius 2 is 2.08 bits per heavy atom. The van der Waals surface area contributed by atoms with Gasteiger partial charge in [-0.25, -0.2) is 15.8 Å². The van der Waals surface area contributed by atoms with Crippen molar-refractivity contribution in [2.75, 3.05) is 31.1 Å². The fourth-order valence-electron chi connectivity index (χ4n) is 2.94. The number of aromatic nitrogens is 2. The fraction of sp³-hybridized carbons (Fsp3) is 0.571. The number of β-amino-alcohol motifs (C(OH)–C–C–N with tert-alkyl or cyclic N) is 1. The van der Waals surface area contributed by atoms with Gasteiger partial charge < -0.3 is 20.6 Å². The van der Waals surface area contributed by atoms with Gasteiger partial charge in [0.05, 0.1) is 18.5 Å². The maximum atomic E-state index is 12.7. The van der Waals surface area contributed by atoms with E-state index in [4.69, 9.17) is 5.73 Å². The third kappa shape index (κ3) is 3.85. The molecule has 136 valence electrons. The van der Waals surface area contributed by atoms with E-state index in [9.17, 15) is 14.7 Å². The number of aliphatic hydroxyl groups is 1. The highest BCUT2D eigenvalue weighted by molar-refractivity contribution is 5.90. The molecule has 6 N–H and O–H groups in total. The molecule has 2 fully saturated rings. The highest BCUT2D eigenvalue weighted by Crippen LogP contribution is 2.15. The summed E-state index contributed by atoms with van der Waals surface area (Å²) in [5, 5.41) is 10.3. The summed E-state index contributed by atoms with van der Waals surface area (Å²) in [6.45, 7) is 3.28. The van der Waals surface area contributed by atoms with Crippen molar-refractivity contribution in [3.05, 3.63) is 18.1 Å². The summed E-state index contributed by atoms with van der Waals surface area (Å²) >= 11 is 0. The molecule has 3 rings (SSSR count). The molecule has 3 heterocycles. The smallest absolute Gasteiger partial charge is 0.268 e. The number of primary amides is 1.